The Morgan fingerprint density at radius 2 is 1.92 bits per heavy atom. The molecule has 0 saturated carbocycles. The first-order valence-electron chi connectivity index (χ1n) is 11.9. The number of anilines is 1. The number of rotatable bonds is 13. The highest BCUT2D eigenvalue weighted by atomic mass is 32.2. The minimum Gasteiger partial charge on any atom is -0.497 e. The van der Waals surface area contributed by atoms with Crippen LogP contribution in [-0.2, 0) is 17.5 Å². The molecule has 1 unspecified atom stereocenters. The smallest absolute Gasteiger partial charge is 0.191 e. The molecule has 2 rings (SSSR count). The van der Waals surface area contributed by atoms with Crippen molar-refractivity contribution in [3.8, 4) is 11.5 Å². The molecule has 0 aliphatic heterocycles. The molecule has 2 aromatic rings. The molecule has 0 aliphatic carbocycles. The SMILES string of the molecule is C=CC/C(C(=O)c1cc(NCc2ccc(OC)cc2OC)cnc1/C=C\C)=C(/C)C=C.CCNS(C)=O. The topological polar surface area (TPSA) is 89.6 Å². The Bertz CT molecular complexity index is 1160. The van der Waals surface area contributed by atoms with E-state index in [2.05, 4.69) is 28.2 Å². The van der Waals surface area contributed by atoms with Crippen LogP contribution < -0.4 is 19.5 Å². The molecule has 1 atom stereocenters. The molecular formula is C29H39N3O4S. The fourth-order valence-electron chi connectivity index (χ4n) is 3.31. The summed E-state index contributed by atoms with van der Waals surface area (Å²) in [5.74, 6) is 1.37. The summed E-state index contributed by atoms with van der Waals surface area (Å²) < 4.78 is 23.4. The number of carbonyl (C=O) groups excluding carboxylic acids is 1. The lowest BCUT2D eigenvalue weighted by atomic mass is 9.95. The summed E-state index contributed by atoms with van der Waals surface area (Å²) in [6.45, 7) is 14.6. The molecule has 7 nitrogen and oxygen atoms in total. The minimum atomic E-state index is -0.816. The van der Waals surface area contributed by atoms with Gasteiger partial charge in [0.1, 0.15) is 11.5 Å². The molecule has 1 aromatic carbocycles. The molecule has 0 saturated heterocycles. The van der Waals surface area contributed by atoms with Gasteiger partial charge in [0, 0.05) is 42.1 Å². The van der Waals surface area contributed by atoms with Gasteiger partial charge in [0.05, 0.1) is 42.8 Å². The third-order valence-electron chi connectivity index (χ3n) is 5.22. The highest BCUT2D eigenvalue weighted by Crippen LogP contribution is 2.26. The van der Waals surface area contributed by atoms with Gasteiger partial charge in [-0.15, -0.1) is 6.58 Å². The van der Waals surface area contributed by atoms with Crippen LogP contribution in [0.15, 0.2) is 73.0 Å². The number of methoxy groups -OCH3 is 2. The number of Topliss-reactive ketones (excluding diaryl/α,β-unsaturated/α-hetero) is 1. The number of ether oxygens (including phenoxy) is 2. The molecule has 0 aliphatic rings. The molecule has 1 aromatic heterocycles. The van der Waals surface area contributed by atoms with Crippen molar-refractivity contribution >= 4 is 28.5 Å². The summed E-state index contributed by atoms with van der Waals surface area (Å²) in [5, 5.41) is 3.34. The minimum absolute atomic E-state index is 0.0800. The van der Waals surface area contributed by atoms with E-state index in [1.165, 1.54) is 0 Å². The van der Waals surface area contributed by atoms with Crippen molar-refractivity contribution < 1.29 is 18.5 Å². The van der Waals surface area contributed by atoms with E-state index < -0.39 is 11.0 Å². The molecule has 200 valence electrons. The van der Waals surface area contributed by atoms with E-state index in [0.717, 1.165) is 34.9 Å². The third kappa shape index (κ3) is 10.2. The van der Waals surface area contributed by atoms with Crippen molar-refractivity contribution in [3.05, 3.63) is 89.8 Å². The summed E-state index contributed by atoms with van der Waals surface area (Å²) in [4.78, 5) is 17.8. The fourth-order valence-corrected chi connectivity index (χ4v) is 3.71. The van der Waals surface area contributed by atoms with Crippen molar-refractivity contribution in [3.63, 3.8) is 0 Å². The van der Waals surface area contributed by atoms with Crippen LogP contribution in [-0.4, -0.2) is 42.0 Å². The van der Waals surface area contributed by atoms with E-state index in [0.29, 0.717) is 29.8 Å². The molecule has 8 heteroatoms. The first kappa shape index (κ1) is 31.5. The predicted molar refractivity (Wildman–Crippen MR) is 156 cm³/mol. The van der Waals surface area contributed by atoms with Gasteiger partial charge in [-0.1, -0.05) is 31.7 Å². The number of aromatic nitrogens is 1. The Hall–Kier alpha value is -3.49. The van der Waals surface area contributed by atoms with Crippen LogP contribution in [0.5, 0.6) is 11.5 Å². The van der Waals surface area contributed by atoms with Crippen LogP contribution >= 0.6 is 0 Å². The van der Waals surface area contributed by atoms with E-state index in [4.69, 9.17) is 9.47 Å². The largest absolute Gasteiger partial charge is 0.497 e. The number of nitrogens with zero attached hydrogens (tertiary/aromatic N) is 1. The lowest BCUT2D eigenvalue weighted by Gasteiger charge is -2.14. The van der Waals surface area contributed by atoms with Crippen LogP contribution in [0.2, 0.25) is 0 Å². The van der Waals surface area contributed by atoms with Crippen molar-refractivity contribution in [1.29, 1.82) is 0 Å². The molecule has 0 amide bonds. The fraction of sp³-hybridized carbons (Fsp3) is 0.310. The van der Waals surface area contributed by atoms with Crippen molar-refractivity contribution in [2.45, 2.75) is 33.7 Å². The molecule has 2 N–H and O–H groups in total. The zero-order valence-corrected chi connectivity index (χ0v) is 23.5. The van der Waals surface area contributed by atoms with Gasteiger partial charge < -0.3 is 14.8 Å². The summed E-state index contributed by atoms with van der Waals surface area (Å²) in [6, 6.07) is 7.49. The van der Waals surface area contributed by atoms with Crippen molar-refractivity contribution in [1.82, 2.24) is 9.71 Å². The first-order chi connectivity index (χ1) is 17.8. The molecule has 0 spiro atoms. The Kier molecular flexibility index (Phi) is 14.5. The molecule has 1 heterocycles. The van der Waals surface area contributed by atoms with Crippen molar-refractivity contribution in [2.24, 2.45) is 0 Å². The second-order valence-electron chi connectivity index (χ2n) is 7.83. The maximum Gasteiger partial charge on any atom is 0.191 e. The standard InChI is InChI=1S/C26H30N2O3.C3H9NOS/c1-7-10-22(18(4)9-3)26(29)23-14-20(17-28-24(23)11-8-2)27-16-19-12-13-21(30-5)15-25(19)31-6;1-3-4-6(2)5/h7-9,11-15,17,27H,1,3,10,16H2,2,4-6H3;4H,3H2,1-2H3/b11-8-,22-18+;. The van der Waals surface area contributed by atoms with E-state index >= 15 is 0 Å². The second-order valence-corrected chi connectivity index (χ2v) is 9.02. The van der Waals surface area contributed by atoms with E-state index in [1.54, 1.807) is 38.8 Å². The maximum absolute atomic E-state index is 13.3. The van der Waals surface area contributed by atoms with E-state index in [1.807, 2.05) is 57.2 Å². The van der Waals surface area contributed by atoms with Crippen LogP contribution in [0.25, 0.3) is 6.08 Å². The molecule has 0 radical (unpaired) electrons. The van der Waals surface area contributed by atoms with Crippen molar-refractivity contribution in [2.75, 3.05) is 32.3 Å². The van der Waals surface area contributed by atoms with Gasteiger partial charge >= 0.3 is 0 Å². The maximum atomic E-state index is 13.3. The number of allylic oxidation sites excluding steroid dienone is 5. The average molecular weight is 526 g/mol. The van der Waals surface area contributed by atoms with E-state index in [9.17, 15) is 9.00 Å². The third-order valence-corrected chi connectivity index (χ3v) is 5.91. The number of pyridine rings is 1. The lowest BCUT2D eigenvalue weighted by Crippen LogP contribution is -2.13. The number of hydrogen-bond donors (Lipinski definition) is 2. The summed E-state index contributed by atoms with van der Waals surface area (Å²) in [6.07, 6.45) is 10.9. The number of carbonyl (C=O) groups is 1. The van der Waals surface area contributed by atoms with Crippen LogP contribution in [0, 0.1) is 0 Å². The molecule has 0 bridgehead atoms. The Morgan fingerprint density at radius 3 is 2.43 bits per heavy atom. The average Bonchev–Trinajstić information content (AvgIpc) is 2.90. The zero-order chi connectivity index (χ0) is 27.8. The lowest BCUT2D eigenvalue weighted by molar-refractivity contribution is 0.103. The normalized spacial score (nSPS) is 12.1. The quantitative estimate of drug-likeness (QED) is 0.147. The molecular weight excluding hydrogens is 486 g/mol. The summed E-state index contributed by atoms with van der Waals surface area (Å²) in [5.41, 5.74) is 4.35. The highest BCUT2D eigenvalue weighted by Gasteiger charge is 2.18. The van der Waals surface area contributed by atoms with Crippen LogP contribution in [0.3, 0.4) is 0 Å². The van der Waals surface area contributed by atoms with Gasteiger partial charge in [-0.25, -0.2) is 8.93 Å². The Labute approximate surface area is 224 Å². The van der Waals surface area contributed by atoms with Crippen LogP contribution in [0.4, 0.5) is 5.69 Å². The molecule has 37 heavy (non-hydrogen) atoms. The number of ketones is 1. The van der Waals surface area contributed by atoms with Gasteiger partial charge in [-0.05, 0) is 50.1 Å². The van der Waals surface area contributed by atoms with Gasteiger partial charge in [0.2, 0.25) is 0 Å². The Balaban J connectivity index is 0.00000102. The van der Waals surface area contributed by atoms with Gasteiger partial charge in [-0.3, -0.25) is 9.78 Å². The number of hydrogen-bond acceptors (Lipinski definition) is 6. The monoisotopic (exact) mass is 525 g/mol. The van der Waals surface area contributed by atoms with Gasteiger partial charge in [0.25, 0.3) is 0 Å². The summed E-state index contributed by atoms with van der Waals surface area (Å²) in [7, 11) is 2.42. The first-order valence-corrected chi connectivity index (χ1v) is 13.4. The zero-order valence-electron chi connectivity index (χ0n) is 22.7. The van der Waals surface area contributed by atoms with Crippen LogP contribution in [0.1, 0.15) is 48.8 Å². The highest BCUT2D eigenvalue weighted by molar-refractivity contribution is 7.82. The Morgan fingerprint density at radius 1 is 1.19 bits per heavy atom. The number of benzene rings is 1. The summed E-state index contributed by atoms with van der Waals surface area (Å²) >= 11 is 0. The van der Waals surface area contributed by atoms with E-state index in [-0.39, 0.29) is 5.78 Å². The van der Waals surface area contributed by atoms with Gasteiger partial charge in [-0.2, -0.15) is 0 Å². The number of nitrogens with one attached hydrogen (secondary N) is 2. The second kappa shape index (κ2) is 17.1. The van der Waals surface area contributed by atoms with Gasteiger partial charge in [0.15, 0.2) is 5.78 Å². The predicted octanol–water partition coefficient (Wildman–Crippen LogP) is 5.89. The molecule has 0 fully saturated rings.